The van der Waals surface area contributed by atoms with Crippen LogP contribution in [0.3, 0.4) is 0 Å². The molecule has 1 atom stereocenters. The number of allylic oxidation sites excluding steroid dienone is 1. The number of aliphatic hydroxyl groups excluding tert-OH is 1. The number of carbonyl (C=O) groups is 1. The molecule has 0 aromatic carbocycles. The summed E-state index contributed by atoms with van der Waals surface area (Å²) in [5, 5.41) is 9.08. The molecule has 1 unspecified atom stereocenters. The summed E-state index contributed by atoms with van der Waals surface area (Å²) < 4.78 is 0. The number of rotatable bonds is 5. The summed E-state index contributed by atoms with van der Waals surface area (Å²) in [6.07, 6.45) is 0.835. The van der Waals surface area contributed by atoms with E-state index in [-0.39, 0.29) is 5.78 Å². The van der Waals surface area contributed by atoms with Crippen LogP contribution in [-0.4, -0.2) is 17.0 Å². The zero-order chi connectivity index (χ0) is 8.85. The second kappa shape index (κ2) is 5.08. The van der Waals surface area contributed by atoms with Crippen molar-refractivity contribution in [3.05, 3.63) is 12.2 Å². The second-order valence-corrected chi connectivity index (χ2v) is 2.67. The standard InChI is InChI=1S/C9H16O2/c1-4-7(3)6-9(11)8(10)5-2/h8,10H,3-6H2,1-2H3. The minimum absolute atomic E-state index is 0.112. The Kier molecular flexibility index (Phi) is 4.79. The fraction of sp³-hybridized carbons (Fsp3) is 0.667. The molecule has 0 aliphatic rings. The summed E-state index contributed by atoms with van der Waals surface area (Å²) in [5.74, 6) is -0.112. The molecule has 2 heteroatoms. The molecular formula is C9H16O2. The Hall–Kier alpha value is -0.630. The van der Waals surface area contributed by atoms with E-state index in [9.17, 15) is 4.79 Å². The van der Waals surface area contributed by atoms with Crippen LogP contribution in [-0.2, 0) is 4.79 Å². The first-order chi connectivity index (χ1) is 5.11. The monoisotopic (exact) mass is 156 g/mol. The lowest BCUT2D eigenvalue weighted by Gasteiger charge is -2.06. The SMILES string of the molecule is C=C(CC)CC(=O)C(O)CC. The van der Waals surface area contributed by atoms with Gasteiger partial charge in [0.15, 0.2) is 5.78 Å². The quantitative estimate of drug-likeness (QED) is 0.615. The summed E-state index contributed by atoms with van der Waals surface area (Å²) in [4.78, 5) is 11.0. The van der Waals surface area contributed by atoms with Crippen molar-refractivity contribution in [2.75, 3.05) is 0 Å². The Morgan fingerprint density at radius 1 is 1.55 bits per heavy atom. The van der Waals surface area contributed by atoms with E-state index in [1.165, 1.54) is 0 Å². The van der Waals surface area contributed by atoms with Crippen molar-refractivity contribution in [3.63, 3.8) is 0 Å². The normalized spacial score (nSPS) is 12.6. The molecule has 0 aromatic heterocycles. The molecule has 0 saturated carbocycles. The fourth-order valence-electron chi connectivity index (χ4n) is 0.717. The average Bonchev–Trinajstić information content (AvgIpc) is 2.02. The van der Waals surface area contributed by atoms with Gasteiger partial charge in [-0.2, -0.15) is 0 Å². The first-order valence-electron chi connectivity index (χ1n) is 3.99. The molecule has 0 aliphatic heterocycles. The molecule has 0 saturated heterocycles. The van der Waals surface area contributed by atoms with Crippen LogP contribution in [0.25, 0.3) is 0 Å². The molecule has 0 aromatic rings. The highest BCUT2D eigenvalue weighted by atomic mass is 16.3. The largest absolute Gasteiger partial charge is 0.385 e. The smallest absolute Gasteiger partial charge is 0.165 e. The third kappa shape index (κ3) is 3.94. The van der Waals surface area contributed by atoms with Gasteiger partial charge in [0.1, 0.15) is 6.10 Å². The van der Waals surface area contributed by atoms with Crippen LogP contribution >= 0.6 is 0 Å². The molecule has 0 fully saturated rings. The van der Waals surface area contributed by atoms with E-state index in [2.05, 4.69) is 6.58 Å². The summed E-state index contributed by atoms with van der Waals surface area (Å²) in [5.41, 5.74) is 0.891. The number of hydrogen-bond donors (Lipinski definition) is 1. The molecule has 1 N–H and O–H groups in total. The Morgan fingerprint density at radius 2 is 2.09 bits per heavy atom. The average molecular weight is 156 g/mol. The number of ketones is 1. The lowest BCUT2D eigenvalue weighted by Crippen LogP contribution is -2.19. The van der Waals surface area contributed by atoms with Crippen LogP contribution in [0.4, 0.5) is 0 Å². The molecule has 0 spiro atoms. The van der Waals surface area contributed by atoms with E-state index in [1.807, 2.05) is 6.92 Å². The van der Waals surface area contributed by atoms with Gasteiger partial charge in [0, 0.05) is 6.42 Å². The van der Waals surface area contributed by atoms with Crippen LogP contribution in [0.2, 0.25) is 0 Å². The van der Waals surface area contributed by atoms with Gasteiger partial charge in [0.25, 0.3) is 0 Å². The van der Waals surface area contributed by atoms with Crippen molar-refractivity contribution in [1.82, 2.24) is 0 Å². The Labute approximate surface area is 67.9 Å². The van der Waals surface area contributed by atoms with Crippen molar-refractivity contribution in [1.29, 1.82) is 0 Å². The third-order valence-electron chi connectivity index (χ3n) is 1.68. The summed E-state index contributed by atoms with van der Waals surface area (Å²) in [7, 11) is 0. The van der Waals surface area contributed by atoms with Crippen molar-refractivity contribution >= 4 is 5.78 Å². The van der Waals surface area contributed by atoms with E-state index in [1.54, 1.807) is 6.92 Å². The predicted octanol–water partition coefficient (Wildman–Crippen LogP) is 1.68. The van der Waals surface area contributed by atoms with Crippen molar-refractivity contribution in [3.8, 4) is 0 Å². The second-order valence-electron chi connectivity index (χ2n) is 2.67. The van der Waals surface area contributed by atoms with Crippen molar-refractivity contribution < 1.29 is 9.90 Å². The number of Topliss-reactive ketones (excluding diaryl/α,β-unsaturated/α-hetero) is 1. The molecule has 2 nitrogen and oxygen atoms in total. The number of aliphatic hydroxyl groups is 1. The molecule has 0 rings (SSSR count). The molecular weight excluding hydrogens is 140 g/mol. The minimum Gasteiger partial charge on any atom is -0.385 e. The Morgan fingerprint density at radius 3 is 2.45 bits per heavy atom. The maximum Gasteiger partial charge on any atom is 0.165 e. The first kappa shape index (κ1) is 10.4. The van der Waals surface area contributed by atoms with E-state index in [0.717, 1.165) is 12.0 Å². The van der Waals surface area contributed by atoms with Crippen LogP contribution in [0.15, 0.2) is 12.2 Å². The topological polar surface area (TPSA) is 37.3 Å². The zero-order valence-corrected chi connectivity index (χ0v) is 7.26. The van der Waals surface area contributed by atoms with Crippen molar-refractivity contribution in [2.45, 2.75) is 39.2 Å². The van der Waals surface area contributed by atoms with Gasteiger partial charge in [-0.15, -0.1) is 0 Å². The zero-order valence-electron chi connectivity index (χ0n) is 7.26. The van der Waals surface area contributed by atoms with Crippen LogP contribution in [0.1, 0.15) is 33.1 Å². The molecule has 0 heterocycles. The Balaban J connectivity index is 3.77. The van der Waals surface area contributed by atoms with Gasteiger partial charge in [-0.3, -0.25) is 4.79 Å². The van der Waals surface area contributed by atoms with E-state index < -0.39 is 6.10 Å². The Bertz CT molecular complexity index is 150. The van der Waals surface area contributed by atoms with Gasteiger partial charge >= 0.3 is 0 Å². The van der Waals surface area contributed by atoms with E-state index in [4.69, 9.17) is 5.11 Å². The first-order valence-corrected chi connectivity index (χ1v) is 3.99. The summed E-state index contributed by atoms with van der Waals surface area (Å²) in [6.45, 7) is 7.44. The molecule has 0 bridgehead atoms. The highest BCUT2D eigenvalue weighted by Gasteiger charge is 2.12. The lowest BCUT2D eigenvalue weighted by atomic mass is 10.0. The van der Waals surface area contributed by atoms with Crippen LogP contribution in [0.5, 0.6) is 0 Å². The molecule has 0 aliphatic carbocycles. The van der Waals surface area contributed by atoms with E-state index in [0.29, 0.717) is 12.8 Å². The van der Waals surface area contributed by atoms with Crippen molar-refractivity contribution in [2.24, 2.45) is 0 Å². The lowest BCUT2D eigenvalue weighted by molar-refractivity contribution is -0.126. The predicted molar refractivity (Wildman–Crippen MR) is 45.4 cm³/mol. The van der Waals surface area contributed by atoms with Gasteiger partial charge in [0.05, 0.1) is 0 Å². The van der Waals surface area contributed by atoms with Gasteiger partial charge in [-0.25, -0.2) is 0 Å². The highest BCUT2D eigenvalue weighted by Crippen LogP contribution is 2.06. The fourth-order valence-corrected chi connectivity index (χ4v) is 0.717. The van der Waals surface area contributed by atoms with Gasteiger partial charge in [-0.1, -0.05) is 26.0 Å². The summed E-state index contributed by atoms with van der Waals surface area (Å²) in [6, 6.07) is 0. The minimum atomic E-state index is -0.793. The van der Waals surface area contributed by atoms with Gasteiger partial charge < -0.3 is 5.11 Å². The number of carbonyl (C=O) groups excluding carboxylic acids is 1. The molecule has 11 heavy (non-hydrogen) atoms. The molecule has 0 radical (unpaired) electrons. The van der Waals surface area contributed by atoms with Gasteiger partial charge in [0.2, 0.25) is 0 Å². The maximum atomic E-state index is 11.0. The summed E-state index contributed by atoms with van der Waals surface area (Å²) >= 11 is 0. The molecule has 0 amide bonds. The van der Waals surface area contributed by atoms with Crippen LogP contribution < -0.4 is 0 Å². The molecule has 64 valence electrons. The highest BCUT2D eigenvalue weighted by molar-refractivity contribution is 5.84. The number of hydrogen-bond acceptors (Lipinski definition) is 2. The maximum absolute atomic E-state index is 11.0. The third-order valence-corrected chi connectivity index (χ3v) is 1.68. The van der Waals surface area contributed by atoms with Crippen LogP contribution in [0, 0.1) is 0 Å². The van der Waals surface area contributed by atoms with Gasteiger partial charge in [-0.05, 0) is 12.8 Å². The van der Waals surface area contributed by atoms with E-state index >= 15 is 0 Å².